The molecule has 0 spiro atoms. The Bertz CT molecular complexity index is 1430. The molecule has 9 nitrogen and oxygen atoms in total. The van der Waals surface area contributed by atoms with Gasteiger partial charge in [-0.15, -0.1) is 0 Å². The highest BCUT2D eigenvalue weighted by Gasteiger charge is 2.21. The Morgan fingerprint density at radius 2 is 1.78 bits per heavy atom. The van der Waals surface area contributed by atoms with Crippen LogP contribution in [0, 0.1) is 6.92 Å². The molecule has 0 unspecified atom stereocenters. The fourth-order valence-corrected chi connectivity index (χ4v) is 4.30. The highest BCUT2D eigenvalue weighted by Crippen LogP contribution is 2.32. The number of hydrogen-bond acceptors (Lipinski definition) is 6. The van der Waals surface area contributed by atoms with Gasteiger partial charge in [0.2, 0.25) is 18.6 Å². The molecule has 0 bridgehead atoms. The summed E-state index contributed by atoms with van der Waals surface area (Å²) < 4.78 is 17.9. The molecule has 0 radical (unpaired) electrons. The first-order chi connectivity index (χ1) is 18.0. The van der Waals surface area contributed by atoms with E-state index in [9.17, 15) is 9.59 Å². The quantitative estimate of drug-likeness (QED) is 0.378. The number of benzene rings is 3. The monoisotopic (exact) mass is 500 g/mol. The molecule has 1 N–H and O–H groups in total. The SMILES string of the molecule is COc1ccc(CN(CC(=O)NCc2ccc3c(c2)OCO3)C(=O)Cn2c(C)nc3ccccc32)cc1. The molecule has 0 saturated heterocycles. The van der Waals surface area contributed by atoms with Crippen LogP contribution in [0.1, 0.15) is 17.0 Å². The standard InChI is InChI=1S/C28H28N4O5/c1-19-30-23-5-3-4-6-24(23)32(19)17-28(34)31(15-20-7-10-22(35-2)11-8-20)16-27(33)29-14-21-9-12-25-26(13-21)37-18-36-25/h3-13H,14-18H2,1-2H3,(H,29,33). The first-order valence-electron chi connectivity index (χ1n) is 12.0. The summed E-state index contributed by atoms with van der Waals surface area (Å²) in [6.45, 7) is 2.66. The average molecular weight is 501 g/mol. The van der Waals surface area contributed by atoms with Crippen molar-refractivity contribution in [2.75, 3.05) is 20.4 Å². The maximum absolute atomic E-state index is 13.5. The number of carbonyl (C=O) groups excluding carboxylic acids is 2. The lowest BCUT2D eigenvalue weighted by Crippen LogP contribution is -2.41. The lowest BCUT2D eigenvalue weighted by molar-refractivity contribution is -0.137. The summed E-state index contributed by atoms with van der Waals surface area (Å²) in [7, 11) is 1.60. The fraction of sp³-hybridized carbons (Fsp3) is 0.250. The third-order valence-corrected chi connectivity index (χ3v) is 6.29. The number of para-hydroxylation sites is 2. The van der Waals surface area contributed by atoms with Gasteiger partial charge in [0.15, 0.2) is 11.5 Å². The number of rotatable bonds is 9. The Balaban J connectivity index is 1.30. The van der Waals surface area contributed by atoms with E-state index in [-0.39, 0.29) is 38.2 Å². The maximum atomic E-state index is 13.5. The summed E-state index contributed by atoms with van der Waals surface area (Å²) in [5.74, 6) is 2.38. The molecule has 0 saturated carbocycles. The number of aryl methyl sites for hydroxylation is 1. The highest BCUT2D eigenvalue weighted by molar-refractivity contribution is 5.86. The number of amides is 2. The molecule has 4 aromatic rings. The van der Waals surface area contributed by atoms with Crippen LogP contribution in [-0.2, 0) is 29.2 Å². The molecule has 3 aromatic carbocycles. The van der Waals surface area contributed by atoms with Gasteiger partial charge in [-0.05, 0) is 54.4 Å². The Kier molecular flexibility index (Phi) is 6.93. The van der Waals surface area contributed by atoms with Crippen molar-refractivity contribution in [3.05, 3.63) is 83.7 Å². The number of nitrogens with zero attached hydrogens (tertiary/aromatic N) is 3. The van der Waals surface area contributed by atoms with Crippen LogP contribution < -0.4 is 19.5 Å². The second kappa shape index (κ2) is 10.6. The van der Waals surface area contributed by atoms with E-state index in [1.165, 1.54) is 0 Å². The molecule has 9 heteroatoms. The molecule has 0 fully saturated rings. The van der Waals surface area contributed by atoms with Crippen molar-refractivity contribution in [1.82, 2.24) is 19.8 Å². The van der Waals surface area contributed by atoms with Crippen LogP contribution in [0.5, 0.6) is 17.2 Å². The molecule has 1 aliphatic rings. The molecule has 37 heavy (non-hydrogen) atoms. The topological polar surface area (TPSA) is 94.9 Å². The molecule has 2 amide bonds. The Labute approximate surface area is 214 Å². The minimum atomic E-state index is -0.258. The molecule has 5 rings (SSSR count). The summed E-state index contributed by atoms with van der Waals surface area (Å²) in [6.07, 6.45) is 0. The van der Waals surface area contributed by atoms with Crippen LogP contribution in [0.25, 0.3) is 11.0 Å². The van der Waals surface area contributed by atoms with E-state index in [0.717, 1.165) is 33.7 Å². The number of methoxy groups -OCH3 is 1. The first-order valence-corrected chi connectivity index (χ1v) is 12.0. The highest BCUT2D eigenvalue weighted by atomic mass is 16.7. The minimum Gasteiger partial charge on any atom is -0.497 e. The van der Waals surface area contributed by atoms with Gasteiger partial charge in [-0.25, -0.2) is 4.98 Å². The number of hydrogen-bond donors (Lipinski definition) is 1. The molecular formula is C28H28N4O5. The molecule has 0 atom stereocenters. The average Bonchev–Trinajstić information content (AvgIpc) is 3.51. The number of fused-ring (bicyclic) bond motifs is 2. The van der Waals surface area contributed by atoms with Gasteiger partial charge in [0.05, 0.1) is 24.7 Å². The van der Waals surface area contributed by atoms with Crippen molar-refractivity contribution >= 4 is 22.8 Å². The van der Waals surface area contributed by atoms with Crippen molar-refractivity contribution in [1.29, 1.82) is 0 Å². The molecule has 190 valence electrons. The first kappa shape index (κ1) is 24.2. The van der Waals surface area contributed by atoms with Crippen LogP contribution >= 0.6 is 0 Å². The smallest absolute Gasteiger partial charge is 0.243 e. The van der Waals surface area contributed by atoms with Gasteiger partial charge < -0.3 is 29.0 Å². The van der Waals surface area contributed by atoms with Crippen LogP contribution in [0.15, 0.2) is 66.7 Å². The van der Waals surface area contributed by atoms with Crippen molar-refractivity contribution in [2.24, 2.45) is 0 Å². The van der Waals surface area contributed by atoms with E-state index >= 15 is 0 Å². The Morgan fingerprint density at radius 1 is 1.03 bits per heavy atom. The van der Waals surface area contributed by atoms with E-state index in [2.05, 4.69) is 10.3 Å². The Morgan fingerprint density at radius 3 is 2.59 bits per heavy atom. The van der Waals surface area contributed by atoms with Gasteiger partial charge in [-0.1, -0.05) is 30.3 Å². The van der Waals surface area contributed by atoms with Crippen LogP contribution in [-0.4, -0.2) is 46.7 Å². The Hall–Kier alpha value is -4.53. The molecule has 0 aliphatic carbocycles. The summed E-state index contributed by atoms with van der Waals surface area (Å²) in [5.41, 5.74) is 3.48. The lowest BCUT2D eigenvalue weighted by Gasteiger charge is -2.23. The summed E-state index contributed by atoms with van der Waals surface area (Å²) in [5, 5.41) is 2.91. The van der Waals surface area contributed by atoms with E-state index in [4.69, 9.17) is 14.2 Å². The van der Waals surface area contributed by atoms with Crippen molar-refractivity contribution in [3.8, 4) is 17.2 Å². The van der Waals surface area contributed by atoms with Gasteiger partial charge in [0.1, 0.15) is 18.1 Å². The van der Waals surface area contributed by atoms with Crippen LogP contribution in [0.4, 0.5) is 0 Å². The third-order valence-electron chi connectivity index (χ3n) is 6.29. The predicted molar refractivity (Wildman–Crippen MR) is 137 cm³/mol. The minimum absolute atomic E-state index is 0.0813. The zero-order valence-electron chi connectivity index (χ0n) is 20.8. The van der Waals surface area contributed by atoms with Crippen LogP contribution in [0.3, 0.4) is 0 Å². The van der Waals surface area contributed by atoms with E-state index in [0.29, 0.717) is 18.0 Å². The molecule has 1 aromatic heterocycles. The van der Waals surface area contributed by atoms with Crippen molar-refractivity contribution < 1.29 is 23.8 Å². The van der Waals surface area contributed by atoms with Crippen LogP contribution in [0.2, 0.25) is 0 Å². The van der Waals surface area contributed by atoms with Gasteiger partial charge in [0, 0.05) is 13.1 Å². The number of imidazole rings is 1. The van der Waals surface area contributed by atoms with Gasteiger partial charge in [-0.2, -0.15) is 0 Å². The predicted octanol–water partition coefficient (Wildman–Crippen LogP) is 3.43. The summed E-state index contributed by atoms with van der Waals surface area (Å²) in [6, 6.07) is 20.7. The van der Waals surface area contributed by atoms with E-state index in [1.54, 1.807) is 12.0 Å². The van der Waals surface area contributed by atoms with E-state index in [1.807, 2.05) is 78.2 Å². The normalized spacial score (nSPS) is 11.9. The van der Waals surface area contributed by atoms with Crippen molar-refractivity contribution in [2.45, 2.75) is 26.6 Å². The maximum Gasteiger partial charge on any atom is 0.243 e. The third kappa shape index (κ3) is 5.50. The zero-order chi connectivity index (χ0) is 25.8. The number of ether oxygens (including phenoxy) is 3. The van der Waals surface area contributed by atoms with Crippen molar-refractivity contribution in [3.63, 3.8) is 0 Å². The van der Waals surface area contributed by atoms with Gasteiger partial charge in [-0.3, -0.25) is 9.59 Å². The molecular weight excluding hydrogens is 472 g/mol. The second-order valence-corrected chi connectivity index (χ2v) is 8.80. The second-order valence-electron chi connectivity index (χ2n) is 8.80. The lowest BCUT2D eigenvalue weighted by atomic mass is 10.2. The van der Waals surface area contributed by atoms with E-state index < -0.39 is 0 Å². The molecule has 2 heterocycles. The summed E-state index contributed by atoms with van der Waals surface area (Å²) >= 11 is 0. The zero-order valence-corrected chi connectivity index (χ0v) is 20.8. The number of nitrogens with one attached hydrogen (secondary N) is 1. The van der Waals surface area contributed by atoms with Gasteiger partial charge in [0.25, 0.3) is 0 Å². The number of aromatic nitrogens is 2. The summed E-state index contributed by atoms with van der Waals surface area (Å²) in [4.78, 5) is 32.6. The largest absolute Gasteiger partial charge is 0.497 e. The fourth-order valence-electron chi connectivity index (χ4n) is 4.30. The van der Waals surface area contributed by atoms with Gasteiger partial charge >= 0.3 is 0 Å². The molecule has 1 aliphatic heterocycles. The number of carbonyl (C=O) groups is 2.